The minimum atomic E-state index is -3.69. The van der Waals surface area contributed by atoms with Crippen molar-refractivity contribution in [2.24, 2.45) is 0 Å². The summed E-state index contributed by atoms with van der Waals surface area (Å²) in [6.07, 6.45) is 0.347. The second kappa shape index (κ2) is 14.9. The van der Waals surface area contributed by atoms with Crippen LogP contribution in [0, 0.1) is 5.82 Å². The molecule has 3 aromatic rings. The topological polar surface area (TPSA) is 125 Å². The molecule has 0 saturated carbocycles. The van der Waals surface area contributed by atoms with E-state index in [-0.39, 0.29) is 43.4 Å². The van der Waals surface area contributed by atoms with Gasteiger partial charge in [-0.25, -0.2) is 12.8 Å². The van der Waals surface area contributed by atoms with Crippen molar-refractivity contribution in [1.82, 2.24) is 14.5 Å². The number of morpholine rings is 1. The molecule has 4 rings (SSSR count). The van der Waals surface area contributed by atoms with E-state index < -0.39 is 40.3 Å². The number of carbonyl (C=O) groups excluding carboxylic acids is 2. The molecule has 1 aliphatic rings. The maximum Gasteiger partial charge on any atom is 0.261 e. The van der Waals surface area contributed by atoms with Gasteiger partial charge in [-0.2, -0.15) is 4.31 Å². The second-order valence-corrected chi connectivity index (χ2v) is 11.5. The normalized spacial score (nSPS) is 14.6. The van der Waals surface area contributed by atoms with Crippen molar-refractivity contribution in [3.8, 4) is 5.75 Å². The van der Waals surface area contributed by atoms with Gasteiger partial charge in [0.15, 0.2) is 6.61 Å². The Labute approximate surface area is 244 Å². The summed E-state index contributed by atoms with van der Waals surface area (Å²) in [5.41, 5.74) is 1.17. The third kappa shape index (κ3) is 8.13. The molecule has 0 unspecified atom stereocenters. The van der Waals surface area contributed by atoms with Gasteiger partial charge in [0.25, 0.3) is 5.91 Å². The Hall–Kier alpha value is -3.84. The molecule has 0 radical (unpaired) electrons. The van der Waals surface area contributed by atoms with Crippen molar-refractivity contribution >= 4 is 21.8 Å². The van der Waals surface area contributed by atoms with E-state index in [4.69, 9.17) is 14.6 Å². The Morgan fingerprint density at radius 2 is 1.67 bits per heavy atom. The average Bonchev–Trinajstić information content (AvgIpc) is 3.02. The standard InChI is InChI=1S/C30H34FN3O7S/c31-25-9-7-23(8-10-25)21-34(29(24-5-2-1-3-6-24)30(37)32-15-4-18-35)28(36)22-41-26-11-13-27(14-12-26)42(38,39)33-16-19-40-20-17-33/h1-3,5-14,29,35H,4,15-22H2,(H,32,37)/t29-/m1/s1. The Morgan fingerprint density at radius 1 is 1.00 bits per heavy atom. The molecule has 3 aromatic carbocycles. The fourth-order valence-electron chi connectivity index (χ4n) is 4.48. The molecule has 1 aliphatic heterocycles. The maximum absolute atomic E-state index is 13.7. The van der Waals surface area contributed by atoms with Gasteiger partial charge in [-0.15, -0.1) is 0 Å². The molecule has 2 amide bonds. The van der Waals surface area contributed by atoms with Gasteiger partial charge >= 0.3 is 0 Å². The number of amides is 2. The summed E-state index contributed by atoms with van der Waals surface area (Å²) in [5, 5.41) is 11.9. The molecule has 1 atom stereocenters. The lowest BCUT2D eigenvalue weighted by atomic mass is 10.0. The number of ether oxygens (including phenoxy) is 2. The number of aliphatic hydroxyl groups excluding tert-OH is 1. The van der Waals surface area contributed by atoms with Gasteiger partial charge < -0.3 is 24.8 Å². The summed E-state index contributed by atoms with van der Waals surface area (Å²) in [6, 6.07) is 19.2. The molecule has 0 aliphatic carbocycles. The SMILES string of the molecule is O=C(NCCCO)[C@@H](c1ccccc1)N(Cc1ccc(F)cc1)C(=O)COc1ccc(S(=O)(=O)N2CCOCC2)cc1. The maximum atomic E-state index is 13.7. The number of sulfonamides is 1. The molecule has 1 heterocycles. The first-order valence-corrected chi connectivity index (χ1v) is 15.0. The molecule has 2 N–H and O–H groups in total. The third-order valence-electron chi connectivity index (χ3n) is 6.69. The minimum Gasteiger partial charge on any atom is -0.484 e. The molecule has 10 nitrogen and oxygen atoms in total. The van der Waals surface area contributed by atoms with E-state index in [1.807, 2.05) is 0 Å². The van der Waals surface area contributed by atoms with Gasteiger partial charge in [0.2, 0.25) is 15.9 Å². The number of rotatable bonds is 13. The summed E-state index contributed by atoms with van der Waals surface area (Å²) < 4.78 is 51.7. The minimum absolute atomic E-state index is 0.00775. The predicted octanol–water partition coefficient (Wildman–Crippen LogP) is 2.49. The van der Waals surface area contributed by atoms with E-state index in [2.05, 4.69) is 5.32 Å². The van der Waals surface area contributed by atoms with Gasteiger partial charge in [-0.3, -0.25) is 9.59 Å². The van der Waals surface area contributed by atoms with Crippen LogP contribution in [0.25, 0.3) is 0 Å². The number of halogens is 1. The van der Waals surface area contributed by atoms with E-state index in [0.717, 1.165) is 0 Å². The van der Waals surface area contributed by atoms with Crippen molar-refractivity contribution in [3.05, 3.63) is 95.8 Å². The number of hydrogen-bond donors (Lipinski definition) is 2. The zero-order chi connectivity index (χ0) is 30.0. The Morgan fingerprint density at radius 3 is 2.31 bits per heavy atom. The van der Waals surface area contributed by atoms with E-state index in [1.54, 1.807) is 30.3 Å². The van der Waals surface area contributed by atoms with E-state index in [0.29, 0.717) is 30.8 Å². The van der Waals surface area contributed by atoms with Crippen molar-refractivity contribution in [2.75, 3.05) is 46.1 Å². The first-order valence-electron chi connectivity index (χ1n) is 13.6. The summed E-state index contributed by atoms with van der Waals surface area (Å²) in [7, 11) is -3.69. The fourth-order valence-corrected chi connectivity index (χ4v) is 5.89. The van der Waals surface area contributed by atoms with Crippen LogP contribution in [0.2, 0.25) is 0 Å². The molecular formula is C30H34FN3O7S. The summed E-state index contributed by atoms with van der Waals surface area (Å²) >= 11 is 0. The van der Waals surface area contributed by atoms with Crippen LogP contribution in [0.1, 0.15) is 23.6 Å². The Balaban J connectivity index is 1.54. The number of nitrogens with zero attached hydrogens (tertiary/aromatic N) is 2. The number of aliphatic hydroxyl groups is 1. The molecule has 0 aromatic heterocycles. The highest BCUT2D eigenvalue weighted by Gasteiger charge is 2.32. The van der Waals surface area contributed by atoms with Crippen LogP contribution < -0.4 is 10.1 Å². The third-order valence-corrected chi connectivity index (χ3v) is 8.60. The number of benzene rings is 3. The quantitative estimate of drug-likeness (QED) is 0.289. The monoisotopic (exact) mass is 599 g/mol. The number of hydrogen-bond acceptors (Lipinski definition) is 7. The van der Waals surface area contributed by atoms with E-state index in [1.165, 1.54) is 57.7 Å². The highest BCUT2D eigenvalue weighted by atomic mass is 32.2. The molecule has 1 saturated heterocycles. The summed E-state index contributed by atoms with van der Waals surface area (Å²) in [6.45, 7) is 0.879. The number of carbonyl (C=O) groups is 2. The smallest absolute Gasteiger partial charge is 0.261 e. The lowest BCUT2D eigenvalue weighted by molar-refractivity contribution is -0.143. The van der Waals surface area contributed by atoms with Crippen molar-refractivity contribution in [1.29, 1.82) is 0 Å². The van der Waals surface area contributed by atoms with Crippen LogP contribution in [0.5, 0.6) is 5.75 Å². The van der Waals surface area contributed by atoms with E-state index >= 15 is 0 Å². The van der Waals surface area contributed by atoms with Gasteiger partial charge in [0, 0.05) is 32.8 Å². The second-order valence-electron chi connectivity index (χ2n) is 9.61. The summed E-state index contributed by atoms with van der Waals surface area (Å²) in [5.74, 6) is -1.12. The zero-order valence-electron chi connectivity index (χ0n) is 23.0. The highest BCUT2D eigenvalue weighted by Crippen LogP contribution is 2.25. The molecule has 0 bridgehead atoms. The highest BCUT2D eigenvalue weighted by molar-refractivity contribution is 7.89. The van der Waals surface area contributed by atoms with Crippen LogP contribution in [0.4, 0.5) is 4.39 Å². The molecule has 224 valence electrons. The predicted molar refractivity (Wildman–Crippen MR) is 152 cm³/mol. The average molecular weight is 600 g/mol. The van der Waals surface area contributed by atoms with Crippen molar-refractivity contribution < 1.29 is 37.0 Å². The molecule has 1 fully saturated rings. The van der Waals surface area contributed by atoms with Gasteiger partial charge in [0.05, 0.1) is 18.1 Å². The zero-order valence-corrected chi connectivity index (χ0v) is 23.8. The molecule has 0 spiro atoms. The molecular weight excluding hydrogens is 565 g/mol. The lowest BCUT2D eigenvalue weighted by Crippen LogP contribution is -2.45. The first-order chi connectivity index (χ1) is 20.3. The van der Waals surface area contributed by atoms with Crippen LogP contribution in [-0.4, -0.2) is 80.6 Å². The van der Waals surface area contributed by atoms with Crippen molar-refractivity contribution in [3.63, 3.8) is 0 Å². The largest absolute Gasteiger partial charge is 0.484 e. The summed E-state index contributed by atoms with van der Waals surface area (Å²) in [4.78, 5) is 28.5. The lowest BCUT2D eigenvalue weighted by Gasteiger charge is -2.31. The van der Waals surface area contributed by atoms with Gasteiger partial charge in [0.1, 0.15) is 17.6 Å². The van der Waals surface area contributed by atoms with Gasteiger partial charge in [-0.05, 0) is 53.9 Å². The fraction of sp³-hybridized carbons (Fsp3) is 0.333. The first kappa shape index (κ1) is 31.1. The van der Waals surface area contributed by atoms with Crippen LogP contribution >= 0.6 is 0 Å². The van der Waals surface area contributed by atoms with Crippen molar-refractivity contribution in [2.45, 2.75) is 23.9 Å². The Kier molecular flexibility index (Phi) is 11.0. The van der Waals surface area contributed by atoms with Gasteiger partial charge in [-0.1, -0.05) is 42.5 Å². The molecule has 12 heteroatoms. The number of nitrogens with one attached hydrogen (secondary N) is 1. The van der Waals surface area contributed by atoms with E-state index in [9.17, 15) is 22.4 Å². The Bertz CT molecular complexity index is 1420. The molecule has 42 heavy (non-hydrogen) atoms. The van der Waals surface area contributed by atoms with Crippen LogP contribution in [-0.2, 0) is 30.9 Å². The van der Waals surface area contributed by atoms with Crippen LogP contribution in [0.15, 0.2) is 83.8 Å². The van der Waals surface area contributed by atoms with Crippen LogP contribution in [0.3, 0.4) is 0 Å².